The molecule has 0 fully saturated rings. The summed E-state index contributed by atoms with van der Waals surface area (Å²) < 4.78 is 66.1. The SMILES string of the molecule is CC(C)c1cc(C(C)C)c([Se]C([Se]c2c(C(C)C)cc(C(C)C)cc2C(C)C)=[Se+]c2c(C(C)C)cc(C(C)C)cc2C(C)C)c(C(C)C)c1.F[P-](F)(F)(F)(F)F. The first-order chi connectivity index (χ1) is 25.2. The van der Waals surface area contributed by atoms with Gasteiger partial charge in [0.25, 0.3) is 0 Å². The molecule has 0 nitrogen and oxygen atoms in total. The van der Waals surface area contributed by atoms with Gasteiger partial charge in [-0.1, -0.05) is 0 Å². The van der Waals surface area contributed by atoms with Crippen LogP contribution in [0.3, 0.4) is 0 Å². The van der Waals surface area contributed by atoms with Crippen molar-refractivity contribution in [2.75, 3.05) is 0 Å². The van der Waals surface area contributed by atoms with Gasteiger partial charge < -0.3 is 0 Å². The van der Waals surface area contributed by atoms with Crippen LogP contribution >= 0.6 is 7.81 Å². The molecule has 0 radical (unpaired) electrons. The molecule has 0 heterocycles. The van der Waals surface area contributed by atoms with Gasteiger partial charge in [0.2, 0.25) is 0 Å². The van der Waals surface area contributed by atoms with Gasteiger partial charge >= 0.3 is 357 Å². The summed E-state index contributed by atoms with van der Waals surface area (Å²) in [7, 11) is -10.7. The Morgan fingerprint density at radius 1 is 0.375 bits per heavy atom. The number of halogens is 6. The van der Waals surface area contributed by atoms with E-state index in [1.165, 1.54) is 16.7 Å². The number of benzene rings is 3. The summed E-state index contributed by atoms with van der Waals surface area (Å²) in [6.07, 6.45) is 0. The molecule has 0 unspecified atom stereocenters. The Kier molecular flexibility index (Phi) is 17.6. The van der Waals surface area contributed by atoms with E-state index in [2.05, 4.69) is 161 Å². The third-order valence-electron chi connectivity index (χ3n) is 9.79. The van der Waals surface area contributed by atoms with Gasteiger partial charge in [-0.25, -0.2) is 0 Å². The third-order valence-corrected chi connectivity index (χ3v) is 20.5. The molecule has 0 N–H and O–H groups in total. The summed E-state index contributed by atoms with van der Waals surface area (Å²) in [5.41, 5.74) is 14.1. The fraction of sp³-hybridized carbons (Fsp3) is 0.587. The maximum atomic E-state index is 9.87. The molecule has 0 aliphatic heterocycles. The fourth-order valence-electron chi connectivity index (χ4n) is 6.33. The van der Waals surface area contributed by atoms with Crippen molar-refractivity contribution in [1.82, 2.24) is 0 Å². The van der Waals surface area contributed by atoms with Gasteiger partial charge in [-0.05, 0) is 0 Å². The van der Waals surface area contributed by atoms with E-state index in [1.807, 2.05) is 2.21 Å². The van der Waals surface area contributed by atoms with Crippen molar-refractivity contribution in [2.24, 2.45) is 0 Å². The van der Waals surface area contributed by atoms with Crippen LogP contribution in [0, 0.1) is 0 Å². The predicted octanol–water partition coefficient (Wildman–Crippen LogP) is 14.7. The van der Waals surface area contributed by atoms with Crippen molar-refractivity contribution in [3.8, 4) is 0 Å². The molecule has 0 bridgehead atoms. The molecule has 0 aromatic heterocycles. The van der Waals surface area contributed by atoms with Crippen LogP contribution in [-0.4, -0.2) is 46.6 Å². The standard InChI is InChI=1S/C46H69Se3.F6P/c1-25(2)34-19-37(28(7)8)43(38(20-34)29(9)10)47-46(48-44-39(30(11)12)21-35(26(3)4)22-40(44)31(13)14)49-45-41(32(15)16)23-36(27(5)6)24-42(45)33(17)18;1-7(2,3,4,5)6/h19-33H,1-18H3;/q+1;-1. The quantitative estimate of drug-likeness (QED) is 0.0858. The van der Waals surface area contributed by atoms with Crippen molar-refractivity contribution in [2.45, 2.75) is 178 Å². The minimum absolute atomic E-state index is 0.285. The second kappa shape index (κ2) is 19.2. The summed E-state index contributed by atoms with van der Waals surface area (Å²) in [6.45, 7) is 43.3. The Bertz CT molecular complexity index is 1660. The van der Waals surface area contributed by atoms with Crippen LogP contribution in [0.5, 0.6) is 0 Å². The first-order valence-corrected chi connectivity index (χ1v) is 27.4. The van der Waals surface area contributed by atoms with E-state index in [4.69, 9.17) is 0 Å². The van der Waals surface area contributed by atoms with Gasteiger partial charge in [0.1, 0.15) is 0 Å². The molecule has 10 heteroatoms. The van der Waals surface area contributed by atoms with E-state index < -0.39 is 7.81 Å². The zero-order valence-electron chi connectivity index (χ0n) is 37.1. The summed E-state index contributed by atoms with van der Waals surface area (Å²) >= 11 is 0.855. The van der Waals surface area contributed by atoms with E-state index >= 15 is 0 Å². The summed E-state index contributed by atoms with van der Waals surface area (Å²) in [6, 6.07) is 15.5. The average molecular weight is 1000 g/mol. The number of hydrogen-bond acceptors (Lipinski definition) is 0. The summed E-state index contributed by atoms with van der Waals surface area (Å²) in [5.74, 6) is 4.70. The minimum atomic E-state index is -10.7. The maximum absolute atomic E-state index is 10.7. The van der Waals surface area contributed by atoms with Crippen LogP contribution in [0.2, 0.25) is 0 Å². The first kappa shape index (κ1) is 51.2. The molecular formula is C46H69F6PSe3. The number of rotatable bonds is 14. The van der Waals surface area contributed by atoms with Gasteiger partial charge in [0.15, 0.2) is 0 Å². The third kappa shape index (κ3) is 15.9. The average Bonchev–Trinajstić information content (AvgIpc) is 3.02. The molecule has 0 amide bonds. The number of hydrogen-bond donors (Lipinski definition) is 0. The Labute approximate surface area is 355 Å². The van der Waals surface area contributed by atoms with Crippen LogP contribution in [0.25, 0.3) is 0 Å². The molecule has 56 heavy (non-hydrogen) atoms. The monoisotopic (exact) mass is 1010 g/mol. The molecule has 0 spiro atoms. The molecule has 0 saturated heterocycles. The molecule has 3 aromatic rings. The van der Waals surface area contributed by atoms with Gasteiger partial charge in [0.05, 0.1) is 0 Å². The van der Waals surface area contributed by atoms with Crippen molar-refractivity contribution in [3.63, 3.8) is 0 Å². The van der Waals surface area contributed by atoms with Crippen LogP contribution in [0.4, 0.5) is 25.2 Å². The normalized spacial score (nSPS) is 13.8. The molecule has 0 atom stereocenters. The van der Waals surface area contributed by atoms with Crippen molar-refractivity contribution in [3.05, 3.63) is 86.5 Å². The molecule has 0 aliphatic carbocycles. The van der Waals surface area contributed by atoms with Crippen LogP contribution in [0.15, 0.2) is 36.4 Å². The van der Waals surface area contributed by atoms with E-state index in [0.717, 1.165) is 0 Å². The molecule has 318 valence electrons. The summed E-state index contributed by atoms with van der Waals surface area (Å²) in [5, 5.41) is 0. The van der Waals surface area contributed by atoms with E-state index in [1.54, 1.807) is 46.8 Å². The van der Waals surface area contributed by atoms with Crippen LogP contribution in [0.1, 0.15) is 228 Å². The Hall–Kier alpha value is -0.902. The molecule has 3 aromatic carbocycles. The van der Waals surface area contributed by atoms with Crippen molar-refractivity contribution < 1.29 is 25.2 Å². The predicted molar refractivity (Wildman–Crippen MR) is 241 cm³/mol. The Morgan fingerprint density at radius 3 is 0.750 bits per heavy atom. The Morgan fingerprint density at radius 2 is 0.571 bits per heavy atom. The molecule has 0 saturated carbocycles. The van der Waals surface area contributed by atoms with Gasteiger partial charge in [-0.15, -0.1) is 0 Å². The Balaban J connectivity index is 0.00000141. The molecule has 0 aliphatic rings. The van der Waals surface area contributed by atoms with E-state index in [-0.39, 0.29) is 44.4 Å². The zero-order valence-corrected chi connectivity index (χ0v) is 43.1. The molecule has 3 rings (SSSR count). The fourth-order valence-corrected chi connectivity index (χ4v) is 19.7. The zero-order chi connectivity index (χ0) is 43.5. The summed E-state index contributed by atoms with van der Waals surface area (Å²) in [4.78, 5) is 0. The second-order valence-electron chi connectivity index (χ2n) is 18.0. The van der Waals surface area contributed by atoms with Crippen molar-refractivity contribution >= 4 is 67.8 Å². The van der Waals surface area contributed by atoms with Crippen molar-refractivity contribution in [1.29, 1.82) is 0 Å². The van der Waals surface area contributed by atoms with E-state index in [9.17, 15) is 25.2 Å². The van der Waals surface area contributed by atoms with E-state index in [0.29, 0.717) is 53.3 Å². The topological polar surface area (TPSA) is 0 Å². The van der Waals surface area contributed by atoms with Crippen LogP contribution in [-0.2, 0) is 0 Å². The first-order valence-electron chi connectivity index (χ1n) is 20.2. The van der Waals surface area contributed by atoms with Gasteiger partial charge in [-0.3, -0.25) is 0 Å². The second-order valence-corrected chi connectivity index (χ2v) is 30.3. The molecular weight excluding hydrogens is 934 g/mol. The van der Waals surface area contributed by atoms with Gasteiger partial charge in [-0.2, -0.15) is 0 Å². The van der Waals surface area contributed by atoms with Crippen LogP contribution < -0.4 is 13.4 Å². The van der Waals surface area contributed by atoms with Gasteiger partial charge in [0, 0.05) is 0 Å².